The average molecular weight is 480 g/mol. The molecule has 0 fully saturated rings. The molecule has 0 radical (unpaired) electrons. The molecule has 2 heterocycles. The molecule has 8 heteroatoms. The molecule has 0 bridgehead atoms. The highest BCUT2D eigenvalue weighted by molar-refractivity contribution is 8.00. The number of aryl methyl sites for hydroxylation is 1. The Labute approximate surface area is 201 Å². The number of amides is 1. The number of methoxy groups -OCH3 is 2. The Morgan fingerprint density at radius 3 is 2.61 bits per heavy atom. The lowest BCUT2D eigenvalue weighted by molar-refractivity contribution is -0.115. The predicted molar refractivity (Wildman–Crippen MR) is 136 cm³/mol. The van der Waals surface area contributed by atoms with Gasteiger partial charge in [-0.25, -0.2) is 9.97 Å². The molecule has 0 saturated carbocycles. The number of fused-ring (bicyclic) bond motifs is 1. The van der Waals surface area contributed by atoms with Gasteiger partial charge >= 0.3 is 0 Å². The van der Waals surface area contributed by atoms with Crippen LogP contribution in [-0.2, 0) is 4.79 Å². The van der Waals surface area contributed by atoms with Gasteiger partial charge in [-0.3, -0.25) is 4.79 Å². The number of nitrogens with one attached hydrogen (secondary N) is 1. The summed E-state index contributed by atoms with van der Waals surface area (Å²) >= 11 is 3.11. The lowest BCUT2D eigenvalue weighted by Gasteiger charge is -2.17. The molecule has 4 aromatic rings. The van der Waals surface area contributed by atoms with Gasteiger partial charge < -0.3 is 14.8 Å². The van der Waals surface area contributed by atoms with Crippen molar-refractivity contribution in [2.24, 2.45) is 0 Å². The average Bonchev–Trinajstić information content (AvgIpc) is 3.19. The molecule has 0 saturated heterocycles. The second kappa shape index (κ2) is 10.2. The van der Waals surface area contributed by atoms with Crippen LogP contribution in [0.25, 0.3) is 21.3 Å². The molecule has 4 rings (SSSR count). The standard InChI is InChI=1S/C25H25N3O3S2/c1-5-20(23(29)28-18-13-17(30-3)11-12-19(18)31-4)33-25-22-21(16-9-7-6-8-10-16)15(2)32-24(22)26-14-27-25/h6-14,20H,5H2,1-4H3,(H,28,29). The van der Waals surface area contributed by atoms with Crippen LogP contribution in [0, 0.1) is 6.92 Å². The highest BCUT2D eigenvalue weighted by atomic mass is 32.2. The SMILES string of the molecule is CCC(Sc1ncnc2sc(C)c(-c3ccccc3)c12)C(=O)Nc1cc(OC)ccc1OC. The van der Waals surface area contributed by atoms with Gasteiger partial charge in [0, 0.05) is 16.5 Å². The van der Waals surface area contributed by atoms with E-state index < -0.39 is 0 Å². The first kappa shape index (κ1) is 23.1. The Morgan fingerprint density at radius 2 is 1.91 bits per heavy atom. The fraction of sp³-hybridized carbons (Fsp3) is 0.240. The highest BCUT2D eigenvalue weighted by Gasteiger charge is 2.24. The van der Waals surface area contributed by atoms with Crippen LogP contribution in [0.3, 0.4) is 0 Å². The number of hydrogen-bond donors (Lipinski definition) is 1. The van der Waals surface area contributed by atoms with E-state index in [9.17, 15) is 4.79 Å². The van der Waals surface area contributed by atoms with Crippen LogP contribution >= 0.6 is 23.1 Å². The molecule has 2 aromatic carbocycles. The minimum atomic E-state index is -0.345. The molecule has 6 nitrogen and oxygen atoms in total. The van der Waals surface area contributed by atoms with Crippen molar-refractivity contribution in [3.63, 3.8) is 0 Å². The van der Waals surface area contributed by atoms with Gasteiger partial charge in [0.1, 0.15) is 27.7 Å². The molecule has 33 heavy (non-hydrogen) atoms. The summed E-state index contributed by atoms with van der Waals surface area (Å²) in [6, 6.07) is 15.6. The Morgan fingerprint density at radius 1 is 1.12 bits per heavy atom. The number of thioether (sulfide) groups is 1. The third-order valence-electron chi connectivity index (χ3n) is 5.27. The second-order valence-electron chi connectivity index (χ2n) is 7.33. The van der Waals surface area contributed by atoms with Crippen LogP contribution in [0.1, 0.15) is 18.2 Å². The molecular weight excluding hydrogens is 454 g/mol. The first-order chi connectivity index (χ1) is 16.0. The lowest BCUT2D eigenvalue weighted by Crippen LogP contribution is -2.25. The molecule has 1 amide bonds. The number of carbonyl (C=O) groups is 1. The van der Waals surface area contributed by atoms with Gasteiger partial charge in [0.05, 0.1) is 30.5 Å². The number of benzene rings is 2. The monoisotopic (exact) mass is 479 g/mol. The van der Waals surface area contributed by atoms with E-state index in [-0.39, 0.29) is 11.2 Å². The number of rotatable bonds is 8. The van der Waals surface area contributed by atoms with E-state index in [1.807, 2.05) is 25.1 Å². The number of anilines is 1. The minimum Gasteiger partial charge on any atom is -0.497 e. The van der Waals surface area contributed by atoms with Gasteiger partial charge in [0.2, 0.25) is 5.91 Å². The maximum absolute atomic E-state index is 13.2. The molecule has 170 valence electrons. The first-order valence-corrected chi connectivity index (χ1v) is 12.2. The van der Waals surface area contributed by atoms with Crippen molar-refractivity contribution < 1.29 is 14.3 Å². The molecule has 2 aromatic heterocycles. The summed E-state index contributed by atoms with van der Waals surface area (Å²) in [6.45, 7) is 4.09. The summed E-state index contributed by atoms with van der Waals surface area (Å²) in [5.41, 5.74) is 2.82. The summed E-state index contributed by atoms with van der Waals surface area (Å²) in [4.78, 5) is 24.4. The number of ether oxygens (including phenoxy) is 2. The quantitative estimate of drug-likeness (QED) is 0.240. The van der Waals surface area contributed by atoms with Gasteiger partial charge in [0.25, 0.3) is 0 Å². The second-order valence-corrected chi connectivity index (χ2v) is 9.72. The van der Waals surface area contributed by atoms with Crippen molar-refractivity contribution in [3.05, 3.63) is 59.7 Å². The molecule has 1 unspecified atom stereocenters. The fourth-order valence-electron chi connectivity index (χ4n) is 3.64. The van der Waals surface area contributed by atoms with Gasteiger partial charge in [-0.2, -0.15) is 0 Å². The number of nitrogens with zero attached hydrogens (tertiary/aromatic N) is 2. The topological polar surface area (TPSA) is 73.3 Å². The molecule has 0 aliphatic rings. The van der Waals surface area contributed by atoms with Crippen LogP contribution in [0.2, 0.25) is 0 Å². The molecule has 0 aliphatic carbocycles. The van der Waals surface area contributed by atoms with E-state index in [0.717, 1.165) is 26.4 Å². The van der Waals surface area contributed by atoms with E-state index in [2.05, 4.69) is 34.3 Å². The summed E-state index contributed by atoms with van der Waals surface area (Å²) < 4.78 is 10.7. The van der Waals surface area contributed by atoms with Crippen molar-refractivity contribution in [1.29, 1.82) is 0 Å². The molecule has 1 N–H and O–H groups in total. The zero-order valence-corrected chi connectivity index (χ0v) is 20.5. The van der Waals surface area contributed by atoms with Crippen molar-refractivity contribution in [3.8, 4) is 22.6 Å². The lowest BCUT2D eigenvalue weighted by atomic mass is 10.0. The molecule has 0 spiro atoms. The van der Waals surface area contributed by atoms with E-state index in [1.54, 1.807) is 50.1 Å². The summed E-state index contributed by atoms with van der Waals surface area (Å²) in [5.74, 6) is 1.10. The smallest absolute Gasteiger partial charge is 0.238 e. The Bertz CT molecular complexity index is 1270. The van der Waals surface area contributed by atoms with Gasteiger partial charge in [-0.15, -0.1) is 11.3 Å². The van der Waals surface area contributed by atoms with Crippen molar-refractivity contribution in [2.75, 3.05) is 19.5 Å². The van der Waals surface area contributed by atoms with E-state index >= 15 is 0 Å². The molecule has 1 atom stereocenters. The van der Waals surface area contributed by atoms with Crippen molar-refractivity contribution >= 4 is 44.9 Å². The van der Waals surface area contributed by atoms with Gasteiger partial charge in [-0.1, -0.05) is 49.0 Å². The number of hydrogen-bond acceptors (Lipinski definition) is 7. The van der Waals surface area contributed by atoms with Crippen LogP contribution < -0.4 is 14.8 Å². The van der Waals surface area contributed by atoms with Crippen molar-refractivity contribution in [2.45, 2.75) is 30.5 Å². The van der Waals surface area contributed by atoms with E-state index in [1.165, 1.54) is 16.6 Å². The summed E-state index contributed by atoms with van der Waals surface area (Å²) in [7, 11) is 3.16. The Kier molecular flexibility index (Phi) is 7.15. The maximum atomic E-state index is 13.2. The number of thiophene rings is 1. The third kappa shape index (κ3) is 4.82. The predicted octanol–water partition coefficient (Wildman–Crippen LogP) is 6.19. The minimum absolute atomic E-state index is 0.117. The normalized spacial score (nSPS) is 11.9. The van der Waals surface area contributed by atoms with E-state index in [4.69, 9.17) is 9.47 Å². The van der Waals surface area contributed by atoms with Gasteiger partial charge in [0.15, 0.2) is 0 Å². The van der Waals surface area contributed by atoms with Crippen LogP contribution in [0.5, 0.6) is 11.5 Å². The third-order valence-corrected chi connectivity index (χ3v) is 7.65. The Balaban J connectivity index is 1.67. The highest BCUT2D eigenvalue weighted by Crippen LogP contribution is 2.42. The van der Waals surface area contributed by atoms with Crippen LogP contribution in [0.4, 0.5) is 5.69 Å². The van der Waals surface area contributed by atoms with Gasteiger partial charge in [-0.05, 0) is 31.0 Å². The van der Waals surface area contributed by atoms with E-state index in [0.29, 0.717) is 23.6 Å². The van der Waals surface area contributed by atoms with Crippen LogP contribution in [0.15, 0.2) is 59.9 Å². The molecular formula is C25H25N3O3S2. The summed E-state index contributed by atoms with van der Waals surface area (Å²) in [5, 5.41) is 4.47. The van der Waals surface area contributed by atoms with Crippen molar-refractivity contribution in [1.82, 2.24) is 9.97 Å². The zero-order valence-electron chi connectivity index (χ0n) is 18.9. The Hall–Kier alpha value is -3.10. The maximum Gasteiger partial charge on any atom is 0.238 e. The van der Waals surface area contributed by atoms with Crippen LogP contribution in [-0.4, -0.2) is 35.3 Å². The molecule has 0 aliphatic heterocycles. The first-order valence-electron chi connectivity index (χ1n) is 10.5. The largest absolute Gasteiger partial charge is 0.497 e. The number of aromatic nitrogens is 2. The fourth-order valence-corrected chi connectivity index (χ4v) is 5.75. The number of carbonyl (C=O) groups excluding carboxylic acids is 1. The summed E-state index contributed by atoms with van der Waals surface area (Å²) in [6.07, 6.45) is 2.21. The zero-order chi connectivity index (χ0) is 23.4.